The number of aryl methyl sites for hydroxylation is 1. The maximum Gasteiger partial charge on any atom is 0.414 e. The van der Waals surface area contributed by atoms with E-state index in [2.05, 4.69) is 0 Å². The van der Waals surface area contributed by atoms with E-state index < -0.39 is 12.8 Å². The summed E-state index contributed by atoms with van der Waals surface area (Å²) in [6.07, 6.45) is -4.38. The number of para-hydroxylation sites is 1. The van der Waals surface area contributed by atoms with Gasteiger partial charge in [-0.1, -0.05) is 30.3 Å². The molecule has 0 bridgehead atoms. The van der Waals surface area contributed by atoms with Gasteiger partial charge in [-0.15, -0.1) is 0 Å². The molecular formula is C16H16F3NO. The topological polar surface area (TPSA) is 12.5 Å². The second-order valence-corrected chi connectivity index (χ2v) is 4.74. The molecular weight excluding hydrogens is 279 g/mol. The van der Waals surface area contributed by atoms with Gasteiger partial charge in [0.2, 0.25) is 0 Å². The molecule has 0 atom stereocenters. The summed E-state index contributed by atoms with van der Waals surface area (Å²) in [7, 11) is 0. The van der Waals surface area contributed by atoms with E-state index in [1.807, 2.05) is 19.9 Å². The largest absolute Gasteiger partial charge is 0.414 e. The summed E-state index contributed by atoms with van der Waals surface area (Å²) in [6.45, 7) is 2.43. The summed E-state index contributed by atoms with van der Waals surface area (Å²) in [6, 6.07) is 14.2. The molecule has 2 rings (SSSR count). The Morgan fingerprint density at radius 1 is 0.952 bits per heavy atom. The molecule has 0 saturated heterocycles. The van der Waals surface area contributed by atoms with Crippen molar-refractivity contribution in [3.8, 4) is 0 Å². The Bertz CT molecular complexity index is 596. The van der Waals surface area contributed by atoms with Crippen LogP contribution in [-0.4, -0.2) is 12.8 Å². The van der Waals surface area contributed by atoms with Crippen LogP contribution in [0.1, 0.15) is 11.1 Å². The van der Waals surface area contributed by atoms with Crippen molar-refractivity contribution >= 4 is 11.4 Å². The molecule has 0 aliphatic carbocycles. The number of alkyl halides is 3. The Labute approximate surface area is 121 Å². The van der Waals surface area contributed by atoms with Gasteiger partial charge in [-0.3, -0.25) is 4.84 Å². The van der Waals surface area contributed by atoms with Gasteiger partial charge in [0.1, 0.15) is 0 Å². The van der Waals surface area contributed by atoms with Crippen LogP contribution in [0.15, 0.2) is 48.5 Å². The minimum atomic E-state index is -4.38. The molecule has 2 nitrogen and oxygen atoms in total. The van der Waals surface area contributed by atoms with Crippen molar-refractivity contribution in [3.63, 3.8) is 0 Å². The summed E-state index contributed by atoms with van der Waals surface area (Å²) >= 11 is 0. The smallest absolute Gasteiger partial charge is 0.259 e. The van der Waals surface area contributed by atoms with Crippen molar-refractivity contribution in [1.82, 2.24) is 0 Å². The van der Waals surface area contributed by atoms with E-state index >= 15 is 0 Å². The molecule has 0 spiro atoms. The Hall–Kier alpha value is -2.01. The molecule has 0 fully saturated rings. The number of anilines is 2. The van der Waals surface area contributed by atoms with E-state index in [0.29, 0.717) is 11.4 Å². The Morgan fingerprint density at radius 2 is 1.62 bits per heavy atom. The van der Waals surface area contributed by atoms with E-state index in [-0.39, 0.29) is 0 Å². The summed E-state index contributed by atoms with van der Waals surface area (Å²) in [5.41, 5.74) is 3.02. The molecule has 0 heterocycles. The van der Waals surface area contributed by atoms with E-state index in [0.717, 1.165) is 11.1 Å². The number of nitrogens with zero attached hydrogens (tertiary/aromatic N) is 1. The fourth-order valence-electron chi connectivity index (χ4n) is 1.94. The van der Waals surface area contributed by atoms with Crippen LogP contribution < -0.4 is 5.06 Å². The van der Waals surface area contributed by atoms with E-state index in [1.165, 1.54) is 5.06 Å². The lowest BCUT2D eigenvalue weighted by molar-refractivity contribution is -0.174. The van der Waals surface area contributed by atoms with Crippen molar-refractivity contribution in [2.24, 2.45) is 0 Å². The zero-order chi connectivity index (χ0) is 15.5. The number of hydrogen-bond donors (Lipinski definition) is 0. The van der Waals surface area contributed by atoms with Crippen molar-refractivity contribution < 1.29 is 18.0 Å². The van der Waals surface area contributed by atoms with Crippen molar-refractivity contribution in [2.45, 2.75) is 20.0 Å². The Kier molecular flexibility index (Phi) is 4.53. The fourth-order valence-corrected chi connectivity index (χ4v) is 1.94. The average molecular weight is 295 g/mol. The molecule has 0 amide bonds. The van der Waals surface area contributed by atoms with Gasteiger partial charge in [-0.2, -0.15) is 13.2 Å². The van der Waals surface area contributed by atoms with Gasteiger partial charge >= 0.3 is 6.18 Å². The monoisotopic (exact) mass is 295 g/mol. The van der Waals surface area contributed by atoms with Gasteiger partial charge in [0.25, 0.3) is 0 Å². The molecule has 5 heteroatoms. The average Bonchev–Trinajstić information content (AvgIpc) is 2.43. The van der Waals surface area contributed by atoms with Gasteiger partial charge in [0, 0.05) is 0 Å². The number of hydrogen-bond acceptors (Lipinski definition) is 2. The summed E-state index contributed by atoms with van der Waals surface area (Å²) in [5, 5.41) is 1.23. The van der Waals surface area contributed by atoms with Crippen molar-refractivity contribution in [2.75, 3.05) is 11.7 Å². The molecule has 0 radical (unpaired) electrons. The summed E-state index contributed by atoms with van der Waals surface area (Å²) < 4.78 is 37.4. The van der Waals surface area contributed by atoms with Crippen LogP contribution >= 0.6 is 0 Å². The summed E-state index contributed by atoms with van der Waals surface area (Å²) in [5.74, 6) is 0. The second kappa shape index (κ2) is 6.18. The molecule has 0 unspecified atom stereocenters. The number of benzene rings is 2. The van der Waals surface area contributed by atoms with Crippen LogP contribution in [0.3, 0.4) is 0 Å². The van der Waals surface area contributed by atoms with E-state index in [4.69, 9.17) is 4.84 Å². The third-order valence-electron chi connectivity index (χ3n) is 3.14. The van der Waals surface area contributed by atoms with Crippen LogP contribution in [0, 0.1) is 13.8 Å². The molecule has 21 heavy (non-hydrogen) atoms. The SMILES string of the molecule is Cc1cccc(N(OCC(F)(F)F)c2ccccc2)c1C. The normalized spacial score (nSPS) is 11.5. The zero-order valence-electron chi connectivity index (χ0n) is 11.8. The van der Waals surface area contributed by atoms with Gasteiger partial charge in [-0.25, -0.2) is 5.06 Å². The molecule has 0 aliphatic rings. The number of halogens is 3. The highest BCUT2D eigenvalue weighted by atomic mass is 19.4. The van der Waals surface area contributed by atoms with E-state index in [1.54, 1.807) is 42.5 Å². The van der Waals surface area contributed by atoms with Gasteiger partial charge < -0.3 is 0 Å². The second-order valence-electron chi connectivity index (χ2n) is 4.74. The van der Waals surface area contributed by atoms with Crippen molar-refractivity contribution in [3.05, 3.63) is 59.7 Å². The third-order valence-corrected chi connectivity index (χ3v) is 3.14. The minimum Gasteiger partial charge on any atom is -0.259 e. The van der Waals surface area contributed by atoms with Gasteiger partial charge in [0.05, 0.1) is 11.4 Å². The standard InChI is InChI=1S/C16H16F3NO/c1-12-7-6-10-15(13(12)2)20(21-11-16(17,18)19)14-8-4-3-5-9-14/h3-10H,11H2,1-2H3. The predicted octanol–water partition coefficient (Wildman–Crippen LogP) is 4.94. The molecule has 2 aromatic carbocycles. The lowest BCUT2D eigenvalue weighted by Crippen LogP contribution is -2.26. The lowest BCUT2D eigenvalue weighted by Gasteiger charge is -2.26. The summed E-state index contributed by atoms with van der Waals surface area (Å²) in [4.78, 5) is 5.02. The van der Waals surface area contributed by atoms with Gasteiger partial charge in [0.15, 0.2) is 6.61 Å². The zero-order valence-corrected chi connectivity index (χ0v) is 11.8. The van der Waals surface area contributed by atoms with Gasteiger partial charge in [-0.05, 0) is 43.2 Å². The first kappa shape index (κ1) is 15.4. The fraction of sp³-hybridized carbons (Fsp3) is 0.250. The Morgan fingerprint density at radius 3 is 2.24 bits per heavy atom. The molecule has 0 aromatic heterocycles. The first-order valence-electron chi connectivity index (χ1n) is 6.49. The van der Waals surface area contributed by atoms with E-state index in [9.17, 15) is 13.2 Å². The quantitative estimate of drug-likeness (QED) is 0.741. The van der Waals surface area contributed by atoms with Crippen LogP contribution in [0.4, 0.5) is 24.5 Å². The Balaban J connectivity index is 2.38. The first-order chi connectivity index (χ1) is 9.88. The van der Waals surface area contributed by atoms with Crippen LogP contribution in [0.25, 0.3) is 0 Å². The number of rotatable bonds is 4. The minimum absolute atomic E-state index is 0.551. The highest BCUT2D eigenvalue weighted by Gasteiger charge is 2.30. The molecule has 0 aliphatic heterocycles. The van der Waals surface area contributed by atoms with Crippen molar-refractivity contribution in [1.29, 1.82) is 0 Å². The third kappa shape index (κ3) is 3.98. The molecule has 112 valence electrons. The molecule has 0 saturated carbocycles. The highest BCUT2D eigenvalue weighted by molar-refractivity contribution is 5.65. The maximum absolute atomic E-state index is 12.5. The maximum atomic E-state index is 12.5. The highest BCUT2D eigenvalue weighted by Crippen LogP contribution is 2.31. The van der Waals surface area contributed by atoms with Crippen LogP contribution in [-0.2, 0) is 4.84 Å². The van der Waals surface area contributed by atoms with Crippen LogP contribution in [0.2, 0.25) is 0 Å². The lowest BCUT2D eigenvalue weighted by atomic mass is 10.1. The molecule has 2 aromatic rings. The predicted molar refractivity (Wildman–Crippen MR) is 76.5 cm³/mol. The first-order valence-corrected chi connectivity index (χ1v) is 6.49. The molecule has 0 N–H and O–H groups in total. The van der Waals surface area contributed by atoms with Crippen LogP contribution in [0.5, 0.6) is 0 Å².